The molecule has 1 saturated heterocycles. The molecule has 11 heteroatoms. The quantitative estimate of drug-likeness (QED) is 0.400. The molecule has 1 aliphatic rings. The maximum Gasteiger partial charge on any atom is 0.412 e. The molecule has 11 nitrogen and oxygen atoms in total. The number of methoxy groups -OCH3 is 1. The Morgan fingerprint density at radius 3 is 2.68 bits per heavy atom. The Morgan fingerprint density at radius 2 is 1.95 bits per heavy atom. The SMILES string of the molecule is COC(=O)Nc1cc(-c2cc(-c3cc(NC(=O)CC4CN(C)C4)cnc3C)cc(OCCO)n2)ccn1. The first-order chi connectivity index (χ1) is 17.8. The molecule has 0 saturated carbocycles. The molecular weight excluding hydrogens is 476 g/mol. The minimum atomic E-state index is -0.636. The van der Waals surface area contributed by atoms with Crippen molar-refractivity contribution in [3.63, 3.8) is 0 Å². The fourth-order valence-electron chi connectivity index (χ4n) is 4.17. The number of pyridine rings is 3. The highest BCUT2D eigenvalue weighted by Crippen LogP contribution is 2.32. The van der Waals surface area contributed by atoms with E-state index in [2.05, 4.69) is 35.2 Å². The Labute approximate surface area is 214 Å². The fraction of sp³-hybridized carbons (Fsp3) is 0.346. The zero-order valence-corrected chi connectivity index (χ0v) is 21.0. The Kier molecular flexibility index (Phi) is 8.26. The average Bonchev–Trinajstić information content (AvgIpc) is 2.87. The van der Waals surface area contributed by atoms with E-state index in [1.54, 1.807) is 30.6 Å². The highest BCUT2D eigenvalue weighted by molar-refractivity contribution is 5.92. The molecule has 3 aromatic rings. The van der Waals surface area contributed by atoms with Crippen LogP contribution < -0.4 is 15.4 Å². The van der Waals surface area contributed by atoms with Crippen LogP contribution in [0.3, 0.4) is 0 Å². The molecule has 1 fully saturated rings. The lowest BCUT2D eigenvalue weighted by Gasteiger charge is -2.35. The predicted molar refractivity (Wildman–Crippen MR) is 138 cm³/mol. The standard InChI is InChI=1S/C26H30N6O5/c1-16-21(12-20(13-28-16)29-24(34)8-17-14-32(2)15-17)19-9-22(30-25(11-19)37-7-6-33)18-4-5-27-23(10-18)31-26(35)36-3/h4-5,9-13,17,33H,6-8,14-15H2,1-3H3,(H,29,34)(H,27,31,35). The number of rotatable bonds is 9. The number of aromatic nitrogens is 3. The lowest BCUT2D eigenvalue weighted by Crippen LogP contribution is -2.45. The van der Waals surface area contributed by atoms with Crippen molar-refractivity contribution in [2.75, 3.05) is 51.1 Å². The number of amides is 2. The topological polar surface area (TPSA) is 139 Å². The molecule has 1 aliphatic heterocycles. The summed E-state index contributed by atoms with van der Waals surface area (Å²) in [6.07, 6.45) is 3.02. The van der Waals surface area contributed by atoms with Crippen LogP contribution in [0, 0.1) is 12.8 Å². The zero-order valence-electron chi connectivity index (χ0n) is 21.0. The highest BCUT2D eigenvalue weighted by atomic mass is 16.5. The number of hydrogen-bond donors (Lipinski definition) is 3. The van der Waals surface area contributed by atoms with Crippen LogP contribution >= 0.6 is 0 Å². The third-order valence-electron chi connectivity index (χ3n) is 5.91. The summed E-state index contributed by atoms with van der Waals surface area (Å²) in [5.41, 5.74) is 4.15. The number of carbonyl (C=O) groups is 2. The number of aryl methyl sites for hydroxylation is 1. The van der Waals surface area contributed by atoms with Gasteiger partial charge in [-0.25, -0.2) is 14.8 Å². The van der Waals surface area contributed by atoms with Crippen molar-refractivity contribution >= 4 is 23.5 Å². The van der Waals surface area contributed by atoms with Crippen LogP contribution in [0.5, 0.6) is 5.88 Å². The number of hydrogen-bond acceptors (Lipinski definition) is 9. The molecular formula is C26H30N6O5. The number of nitrogens with zero attached hydrogens (tertiary/aromatic N) is 4. The van der Waals surface area contributed by atoms with Gasteiger partial charge >= 0.3 is 6.09 Å². The summed E-state index contributed by atoms with van der Waals surface area (Å²) >= 11 is 0. The van der Waals surface area contributed by atoms with Gasteiger partial charge in [-0.3, -0.25) is 15.1 Å². The first-order valence-corrected chi connectivity index (χ1v) is 11.9. The highest BCUT2D eigenvalue weighted by Gasteiger charge is 2.25. The number of aliphatic hydroxyl groups is 1. The Balaban J connectivity index is 1.64. The fourth-order valence-corrected chi connectivity index (χ4v) is 4.17. The van der Waals surface area contributed by atoms with Crippen molar-refractivity contribution in [2.45, 2.75) is 13.3 Å². The van der Waals surface area contributed by atoms with E-state index >= 15 is 0 Å². The number of likely N-dealkylation sites (tertiary alicyclic amines) is 1. The molecule has 0 unspecified atom stereocenters. The largest absolute Gasteiger partial charge is 0.475 e. The first kappa shape index (κ1) is 26.0. The average molecular weight is 507 g/mol. The molecule has 3 aromatic heterocycles. The molecule has 0 aromatic carbocycles. The van der Waals surface area contributed by atoms with Gasteiger partial charge in [0.25, 0.3) is 0 Å². The predicted octanol–water partition coefficient (Wildman–Crippen LogP) is 2.95. The molecule has 2 amide bonds. The second kappa shape index (κ2) is 11.8. The lowest BCUT2D eigenvalue weighted by atomic mass is 9.97. The van der Waals surface area contributed by atoms with Crippen molar-refractivity contribution in [3.05, 3.63) is 48.4 Å². The molecule has 0 radical (unpaired) electrons. The van der Waals surface area contributed by atoms with Gasteiger partial charge in [0.2, 0.25) is 11.8 Å². The van der Waals surface area contributed by atoms with Crippen molar-refractivity contribution in [3.8, 4) is 28.3 Å². The van der Waals surface area contributed by atoms with Gasteiger partial charge in [0.05, 0.1) is 31.3 Å². The first-order valence-electron chi connectivity index (χ1n) is 11.9. The van der Waals surface area contributed by atoms with E-state index in [1.807, 2.05) is 26.1 Å². The normalized spacial score (nSPS) is 13.5. The van der Waals surface area contributed by atoms with E-state index in [0.29, 0.717) is 41.0 Å². The summed E-state index contributed by atoms with van der Waals surface area (Å²) < 4.78 is 10.3. The van der Waals surface area contributed by atoms with Gasteiger partial charge in [-0.15, -0.1) is 0 Å². The van der Waals surface area contributed by atoms with Gasteiger partial charge in [-0.2, -0.15) is 0 Å². The van der Waals surface area contributed by atoms with Gasteiger partial charge in [0.1, 0.15) is 12.4 Å². The van der Waals surface area contributed by atoms with Gasteiger partial charge in [0.15, 0.2) is 0 Å². The number of anilines is 2. The van der Waals surface area contributed by atoms with Crippen molar-refractivity contribution in [2.24, 2.45) is 5.92 Å². The second-order valence-corrected chi connectivity index (χ2v) is 8.89. The number of carbonyl (C=O) groups excluding carboxylic acids is 2. The minimum Gasteiger partial charge on any atom is -0.475 e. The maximum atomic E-state index is 12.5. The Hall–Kier alpha value is -4.09. The van der Waals surface area contributed by atoms with Crippen LogP contribution in [0.4, 0.5) is 16.3 Å². The van der Waals surface area contributed by atoms with Crippen LogP contribution in [0.15, 0.2) is 42.7 Å². The zero-order chi connectivity index (χ0) is 26.4. The van der Waals surface area contributed by atoms with Crippen LogP contribution in [0.25, 0.3) is 22.4 Å². The van der Waals surface area contributed by atoms with E-state index in [9.17, 15) is 14.7 Å². The van der Waals surface area contributed by atoms with Gasteiger partial charge in [0, 0.05) is 48.6 Å². The maximum absolute atomic E-state index is 12.5. The number of ether oxygens (including phenoxy) is 2. The summed E-state index contributed by atoms with van der Waals surface area (Å²) in [7, 11) is 3.31. The van der Waals surface area contributed by atoms with Gasteiger partial charge in [-0.1, -0.05) is 0 Å². The van der Waals surface area contributed by atoms with Crippen molar-refractivity contribution in [1.82, 2.24) is 19.9 Å². The molecule has 4 heterocycles. The molecule has 0 spiro atoms. The van der Waals surface area contributed by atoms with E-state index in [1.165, 1.54) is 7.11 Å². The number of nitrogens with one attached hydrogen (secondary N) is 2. The Bertz CT molecular complexity index is 1280. The monoisotopic (exact) mass is 506 g/mol. The second-order valence-electron chi connectivity index (χ2n) is 8.89. The van der Waals surface area contributed by atoms with Gasteiger partial charge < -0.3 is 24.8 Å². The van der Waals surface area contributed by atoms with Gasteiger partial charge in [-0.05, 0) is 49.7 Å². The molecule has 194 valence electrons. The Morgan fingerprint density at radius 1 is 1.14 bits per heavy atom. The molecule has 0 aliphatic carbocycles. The lowest BCUT2D eigenvalue weighted by molar-refractivity contribution is -0.118. The van der Waals surface area contributed by atoms with E-state index < -0.39 is 6.09 Å². The molecule has 37 heavy (non-hydrogen) atoms. The van der Waals surface area contributed by atoms with Crippen LogP contribution in [-0.2, 0) is 9.53 Å². The van der Waals surface area contributed by atoms with Crippen LogP contribution in [0.2, 0.25) is 0 Å². The number of aliphatic hydroxyl groups excluding tert-OH is 1. The van der Waals surface area contributed by atoms with E-state index in [-0.39, 0.29) is 19.1 Å². The third kappa shape index (κ3) is 6.78. The summed E-state index contributed by atoms with van der Waals surface area (Å²) in [4.78, 5) is 39.5. The smallest absolute Gasteiger partial charge is 0.412 e. The summed E-state index contributed by atoms with van der Waals surface area (Å²) in [6.45, 7) is 3.64. The molecule has 3 N–H and O–H groups in total. The minimum absolute atomic E-state index is 0.0421. The molecule has 4 rings (SSSR count). The van der Waals surface area contributed by atoms with E-state index in [4.69, 9.17) is 4.74 Å². The van der Waals surface area contributed by atoms with Crippen molar-refractivity contribution in [1.29, 1.82) is 0 Å². The molecule has 0 bridgehead atoms. The summed E-state index contributed by atoms with van der Waals surface area (Å²) in [5.74, 6) is 0.939. The van der Waals surface area contributed by atoms with Crippen molar-refractivity contribution < 1.29 is 24.2 Å². The molecule has 0 atom stereocenters. The van der Waals surface area contributed by atoms with Crippen LogP contribution in [-0.4, -0.2) is 77.4 Å². The third-order valence-corrected chi connectivity index (χ3v) is 5.91. The van der Waals surface area contributed by atoms with E-state index in [0.717, 1.165) is 29.9 Å². The summed E-state index contributed by atoms with van der Waals surface area (Å²) in [5, 5.41) is 14.7. The van der Waals surface area contributed by atoms with Crippen LogP contribution in [0.1, 0.15) is 12.1 Å². The summed E-state index contributed by atoms with van der Waals surface area (Å²) in [6, 6.07) is 8.91.